The second-order valence-corrected chi connectivity index (χ2v) is 10.5. The normalized spacial score (nSPS) is 15.2. The molecular weight excluding hydrogens is 436 g/mol. The molecule has 1 amide bonds. The van der Waals surface area contributed by atoms with Gasteiger partial charge in [0.25, 0.3) is 5.91 Å². The first kappa shape index (κ1) is 23.3. The van der Waals surface area contributed by atoms with Gasteiger partial charge in [-0.15, -0.1) is 0 Å². The summed E-state index contributed by atoms with van der Waals surface area (Å²) in [7, 11) is -0.125. The van der Waals surface area contributed by atoms with Gasteiger partial charge in [-0.05, 0) is 71.6 Å². The predicted molar refractivity (Wildman–Crippen MR) is 130 cm³/mol. The van der Waals surface area contributed by atoms with Crippen LogP contribution in [0.4, 0.5) is 0 Å². The lowest BCUT2D eigenvalue weighted by atomic mass is 10.1. The SMILES string of the molecule is COc1ccc2cc(CN(C)C(=O)c3ccc(S(=O)(=O)N4CCCCCC4)cc3)ccc2c1. The van der Waals surface area contributed by atoms with Crippen LogP contribution < -0.4 is 4.74 Å². The van der Waals surface area contributed by atoms with Crippen molar-refractivity contribution in [2.24, 2.45) is 0 Å². The van der Waals surface area contributed by atoms with Gasteiger partial charge in [0.1, 0.15) is 5.75 Å². The maximum atomic E-state index is 13.0. The molecule has 174 valence electrons. The van der Waals surface area contributed by atoms with E-state index in [-0.39, 0.29) is 10.8 Å². The molecule has 3 aromatic carbocycles. The van der Waals surface area contributed by atoms with Gasteiger partial charge < -0.3 is 9.64 Å². The Balaban J connectivity index is 1.46. The number of sulfonamides is 1. The maximum absolute atomic E-state index is 13.0. The fourth-order valence-corrected chi connectivity index (χ4v) is 5.78. The van der Waals surface area contributed by atoms with Crippen molar-refractivity contribution >= 4 is 26.7 Å². The lowest BCUT2D eigenvalue weighted by molar-refractivity contribution is 0.0785. The largest absolute Gasteiger partial charge is 0.497 e. The Morgan fingerprint density at radius 1 is 0.909 bits per heavy atom. The van der Waals surface area contributed by atoms with E-state index < -0.39 is 10.0 Å². The molecule has 0 atom stereocenters. The summed E-state index contributed by atoms with van der Waals surface area (Å²) in [5.41, 5.74) is 1.49. The number of benzene rings is 3. The van der Waals surface area contributed by atoms with Crippen molar-refractivity contribution in [2.75, 3.05) is 27.2 Å². The number of carbonyl (C=O) groups excluding carboxylic acids is 1. The number of methoxy groups -OCH3 is 1. The Morgan fingerprint density at radius 3 is 2.21 bits per heavy atom. The van der Waals surface area contributed by atoms with Crippen LogP contribution in [0.1, 0.15) is 41.6 Å². The van der Waals surface area contributed by atoms with Crippen molar-refractivity contribution < 1.29 is 17.9 Å². The van der Waals surface area contributed by atoms with Crippen molar-refractivity contribution in [1.82, 2.24) is 9.21 Å². The van der Waals surface area contributed by atoms with Gasteiger partial charge in [-0.1, -0.05) is 31.0 Å². The number of fused-ring (bicyclic) bond motifs is 1. The molecule has 1 saturated heterocycles. The van der Waals surface area contributed by atoms with Crippen LogP contribution in [-0.4, -0.2) is 50.8 Å². The van der Waals surface area contributed by atoms with Gasteiger partial charge in [0.05, 0.1) is 12.0 Å². The second-order valence-electron chi connectivity index (χ2n) is 8.55. The van der Waals surface area contributed by atoms with Gasteiger partial charge in [0.15, 0.2) is 0 Å². The summed E-state index contributed by atoms with van der Waals surface area (Å²) >= 11 is 0. The Hall–Kier alpha value is -2.90. The molecule has 33 heavy (non-hydrogen) atoms. The van der Waals surface area contributed by atoms with Gasteiger partial charge in [-0.3, -0.25) is 4.79 Å². The quantitative estimate of drug-likeness (QED) is 0.529. The van der Waals surface area contributed by atoms with E-state index in [1.165, 1.54) is 0 Å². The molecule has 0 radical (unpaired) electrons. The molecular formula is C26H30N2O4S. The van der Waals surface area contributed by atoms with Crippen molar-refractivity contribution in [3.8, 4) is 5.75 Å². The van der Waals surface area contributed by atoms with E-state index in [1.54, 1.807) is 47.6 Å². The summed E-state index contributed by atoms with van der Waals surface area (Å²) in [6.45, 7) is 1.57. The molecule has 1 aliphatic rings. The minimum Gasteiger partial charge on any atom is -0.497 e. The third-order valence-electron chi connectivity index (χ3n) is 6.18. The summed E-state index contributed by atoms with van der Waals surface area (Å²) in [5, 5.41) is 2.16. The fourth-order valence-electron chi connectivity index (χ4n) is 4.27. The minimum atomic E-state index is -3.52. The van der Waals surface area contributed by atoms with Crippen LogP contribution in [0.3, 0.4) is 0 Å². The number of ether oxygens (including phenoxy) is 1. The number of hydrogen-bond acceptors (Lipinski definition) is 4. The number of carbonyl (C=O) groups is 1. The Morgan fingerprint density at radius 2 is 1.55 bits per heavy atom. The highest BCUT2D eigenvalue weighted by Gasteiger charge is 2.25. The van der Waals surface area contributed by atoms with Crippen LogP contribution >= 0.6 is 0 Å². The van der Waals surface area contributed by atoms with Crippen molar-refractivity contribution in [3.05, 3.63) is 71.8 Å². The van der Waals surface area contributed by atoms with E-state index in [0.717, 1.165) is 47.8 Å². The molecule has 1 fully saturated rings. The van der Waals surface area contributed by atoms with Crippen LogP contribution in [0.25, 0.3) is 10.8 Å². The van der Waals surface area contributed by atoms with Crippen molar-refractivity contribution in [1.29, 1.82) is 0 Å². The van der Waals surface area contributed by atoms with E-state index in [1.807, 2.05) is 30.3 Å². The zero-order valence-corrected chi connectivity index (χ0v) is 20.0. The highest BCUT2D eigenvalue weighted by molar-refractivity contribution is 7.89. The molecule has 3 aromatic rings. The van der Waals surface area contributed by atoms with E-state index in [4.69, 9.17) is 4.74 Å². The van der Waals surface area contributed by atoms with Gasteiger partial charge >= 0.3 is 0 Å². The zero-order valence-electron chi connectivity index (χ0n) is 19.2. The molecule has 0 aliphatic carbocycles. The molecule has 6 nitrogen and oxygen atoms in total. The van der Waals surface area contributed by atoms with E-state index in [2.05, 4.69) is 6.07 Å². The van der Waals surface area contributed by atoms with Crippen LogP contribution in [0.5, 0.6) is 5.75 Å². The summed E-state index contributed by atoms with van der Waals surface area (Å²) in [5.74, 6) is 0.660. The first-order valence-electron chi connectivity index (χ1n) is 11.3. The molecule has 0 bridgehead atoms. The van der Waals surface area contributed by atoms with Gasteiger partial charge in [0.2, 0.25) is 10.0 Å². The molecule has 0 unspecified atom stereocenters. The number of rotatable bonds is 6. The fraction of sp³-hybridized carbons (Fsp3) is 0.346. The molecule has 0 spiro atoms. The zero-order chi connectivity index (χ0) is 23.4. The number of nitrogens with zero attached hydrogens (tertiary/aromatic N) is 2. The standard InChI is InChI=1S/C26H30N2O4S/c1-27(19-20-7-8-23-18-24(32-2)12-9-22(23)17-20)26(29)21-10-13-25(14-11-21)33(30,31)28-15-5-3-4-6-16-28/h7-14,17-18H,3-6,15-16,19H2,1-2H3. The average Bonchev–Trinajstić information content (AvgIpc) is 3.13. The van der Waals surface area contributed by atoms with Gasteiger partial charge in [-0.25, -0.2) is 8.42 Å². The molecule has 0 N–H and O–H groups in total. The van der Waals surface area contributed by atoms with Crippen LogP contribution in [0, 0.1) is 0 Å². The summed E-state index contributed by atoms with van der Waals surface area (Å²) in [4.78, 5) is 14.8. The molecule has 1 aliphatic heterocycles. The van der Waals surface area contributed by atoms with E-state index in [9.17, 15) is 13.2 Å². The summed E-state index contributed by atoms with van der Waals surface area (Å²) < 4.78 is 32.8. The van der Waals surface area contributed by atoms with Crippen LogP contribution in [-0.2, 0) is 16.6 Å². The maximum Gasteiger partial charge on any atom is 0.253 e. The van der Waals surface area contributed by atoms with Gasteiger partial charge in [-0.2, -0.15) is 4.31 Å². The Kier molecular flexibility index (Phi) is 7.00. The molecule has 7 heteroatoms. The lowest BCUT2D eigenvalue weighted by Gasteiger charge is -2.21. The summed E-state index contributed by atoms with van der Waals surface area (Å²) in [6, 6.07) is 18.3. The Labute approximate surface area is 195 Å². The van der Waals surface area contributed by atoms with Crippen molar-refractivity contribution in [2.45, 2.75) is 37.1 Å². The van der Waals surface area contributed by atoms with Gasteiger partial charge in [0, 0.05) is 32.2 Å². The number of amides is 1. The van der Waals surface area contributed by atoms with Crippen LogP contribution in [0.15, 0.2) is 65.6 Å². The molecule has 0 aromatic heterocycles. The smallest absolute Gasteiger partial charge is 0.253 e. The molecule has 1 heterocycles. The van der Waals surface area contributed by atoms with Crippen molar-refractivity contribution in [3.63, 3.8) is 0 Å². The first-order valence-corrected chi connectivity index (χ1v) is 12.7. The first-order chi connectivity index (χ1) is 15.9. The third-order valence-corrected chi connectivity index (χ3v) is 8.10. The predicted octanol–water partition coefficient (Wildman–Crippen LogP) is 4.69. The highest BCUT2D eigenvalue weighted by atomic mass is 32.2. The van der Waals surface area contributed by atoms with Crippen LogP contribution in [0.2, 0.25) is 0 Å². The molecule has 4 rings (SSSR count). The Bertz CT molecular complexity index is 1230. The third kappa shape index (κ3) is 5.20. The summed E-state index contributed by atoms with van der Waals surface area (Å²) in [6.07, 6.45) is 3.92. The second kappa shape index (κ2) is 9.93. The number of hydrogen-bond donors (Lipinski definition) is 0. The lowest BCUT2D eigenvalue weighted by Crippen LogP contribution is -2.32. The minimum absolute atomic E-state index is 0.149. The highest BCUT2D eigenvalue weighted by Crippen LogP contribution is 2.24. The average molecular weight is 467 g/mol. The monoisotopic (exact) mass is 466 g/mol. The molecule has 0 saturated carbocycles. The van der Waals surface area contributed by atoms with E-state index >= 15 is 0 Å². The topological polar surface area (TPSA) is 66.9 Å². The van der Waals surface area contributed by atoms with E-state index in [0.29, 0.717) is 25.2 Å².